The number of hydrogen-bond acceptors (Lipinski definition) is 1. The molecule has 0 heterocycles. The molecule has 0 aliphatic carbocycles. The monoisotopic (exact) mass is 275 g/mol. The maximum atomic E-state index is 12.8. The van der Waals surface area contributed by atoms with Crippen molar-refractivity contribution in [3.63, 3.8) is 0 Å². The molecule has 0 unspecified atom stereocenters. The molecule has 0 aliphatic heterocycles. The Kier molecular flexibility index (Phi) is 3.54. The van der Waals surface area contributed by atoms with Crippen molar-refractivity contribution in [3.8, 4) is 17.2 Å². The van der Waals surface area contributed by atoms with Crippen LogP contribution in [0, 0.1) is 25.2 Å². The minimum Gasteiger partial charge on any atom is -0.192 e. The molecule has 0 fully saturated rings. The Morgan fingerprint density at radius 3 is 2.30 bits per heavy atom. The summed E-state index contributed by atoms with van der Waals surface area (Å²) in [5.74, 6) is 0. The van der Waals surface area contributed by atoms with Gasteiger partial charge in [0.1, 0.15) is 0 Å². The van der Waals surface area contributed by atoms with Crippen LogP contribution in [-0.4, -0.2) is 0 Å². The van der Waals surface area contributed by atoms with Gasteiger partial charge < -0.3 is 0 Å². The number of nitrogens with zero attached hydrogens (tertiary/aromatic N) is 1. The molecule has 0 radical (unpaired) electrons. The van der Waals surface area contributed by atoms with E-state index in [1.54, 1.807) is 12.1 Å². The molecule has 2 aromatic carbocycles. The van der Waals surface area contributed by atoms with Gasteiger partial charge in [-0.25, -0.2) is 0 Å². The molecule has 102 valence electrons. The lowest BCUT2D eigenvalue weighted by molar-refractivity contribution is -0.137. The predicted molar refractivity (Wildman–Crippen MR) is 71.1 cm³/mol. The van der Waals surface area contributed by atoms with Crippen molar-refractivity contribution in [1.29, 1.82) is 5.26 Å². The lowest BCUT2D eigenvalue weighted by Crippen LogP contribution is -2.05. The van der Waals surface area contributed by atoms with Gasteiger partial charge in [-0.2, -0.15) is 18.4 Å². The van der Waals surface area contributed by atoms with E-state index >= 15 is 0 Å². The first-order valence-corrected chi connectivity index (χ1v) is 6.02. The standard InChI is InChI=1S/C16H12F3N/c1-10-4-3-5-14(11(10)2)15-8-13(16(17,18)19)7-6-12(15)9-20/h3-8H,1-2H3. The first-order chi connectivity index (χ1) is 9.34. The molecule has 2 rings (SSSR count). The fourth-order valence-corrected chi connectivity index (χ4v) is 2.08. The second-order valence-corrected chi connectivity index (χ2v) is 4.62. The summed E-state index contributed by atoms with van der Waals surface area (Å²) in [6.07, 6.45) is -4.42. The molecule has 0 bridgehead atoms. The van der Waals surface area contributed by atoms with Crippen LogP contribution in [-0.2, 0) is 6.18 Å². The van der Waals surface area contributed by atoms with Crippen LogP contribution in [0.5, 0.6) is 0 Å². The molecule has 0 atom stereocenters. The van der Waals surface area contributed by atoms with Gasteiger partial charge in [0.2, 0.25) is 0 Å². The number of hydrogen-bond donors (Lipinski definition) is 0. The Labute approximate surface area is 115 Å². The smallest absolute Gasteiger partial charge is 0.192 e. The van der Waals surface area contributed by atoms with Gasteiger partial charge in [0.25, 0.3) is 0 Å². The van der Waals surface area contributed by atoms with Crippen LogP contribution in [0.25, 0.3) is 11.1 Å². The zero-order valence-electron chi connectivity index (χ0n) is 11.0. The minimum atomic E-state index is -4.42. The highest BCUT2D eigenvalue weighted by Crippen LogP contribution is 2.35. The van der Waals surface area contributed by atoms with Crippen molar-refractivity contribution in [3.05, 3.63) is 58.7 Å². The molecule has 0 saturated heterocycles. The van der Waals surface area contributed by atoms with Crippen LogP contribution in [0.4, 0.5) is 13.2 Å². The number of halogens is 3. The van der Waals surface area contributed by atoms with E-state index in [0.717, 1.165) is 23.3 Å². The SMILES string of the molecule is Cc1cccc(-c2cc(C(F)(F)F)ccc2C#N)c1C. The van der Waals surface area contributed by atoms with Crippen LogP contribution in [0.2, 0.25) is 0 Å². The Hall–Kier alpha value is -2.28. The molecule has 0 N–H and O–H groups in total. The van der Waals surface area contributed by atoms with Gasteiger partial charge in [0.15, 0.2) is 0 Å². The van der Waals surface area contributed by atoms with Crippen LogP contribution in [0.1, 0.15) is 22.3 Å². The summed E-state index contributed by atoms with van der Waals surface area (Å²) in [5, 5.41) is 9.10. The third-order valence-corrected chi connectivity index (χ3v) is 3.36. The molecule has 0 spiro atoms. The van der Waals surface area contributed by atoms with Crippen molar-refractivity contribution in [2.45, 2.75) is 20.0 Å². The quantitative estimate of drug-likeness (QED) is 0.729. The van der Waals surface area contributed by atoms with Crippen molar-refractivity contribution in [2.24, 2.45) is 0 Å². The zero-order chi connectivity index (χ0) is 14.9. The summed E-state index contributed by atoms with van der Waals surface area (Å²) < 4.78 is 38.4. The first kappa shape index (κ1) is 14.1. The maximum absolute atomic E-state index is 12.8. The van der Waals surface area contributed by atoms with Gasteiger partial charge in [-0.3, -0.25) is 0 Å². The van der Waals surface area contributed by atoms with E-state index in [2.05, 4.69) is 0 Å². The van der Waals surface area contributed by atoms with Crippen molar-refractivity contribution in [2.75, 3.05) is 0 Å². The topological polar surface area (TPSA) is 23.8 Å². The Bertz CT molecular complexity index is 694. The number of rotatable bonds is 1. The first-order valence-electron chi connectivity index (χ1n) is 6.02. The molecule has 0 amide bonds. The average molecular weight is 275 g/mol. The van der Waals surface area contributed by atoms with E-state index in [-0.39, 0.29) is 5.56 Å². The van der Waals surface area contributed by atoms with Gasteiger partial charge >= 0.3 is 6.18 Å². The number of nitriles is 1. The molecule has 4 heteroatoms. The Morgan fingerprint density at radius 1 is 1.00 bits per heavy atom. The fourth-order valence-electron chi connectivity index (χ4n) is 2.08. The average Bonchev–Trinajstić information content (AvgIpc) is 2.40. The normalized spacial score (nSPS) is 11.2. The van der Waals surface area contributed by atoms with Crippen LogP contribution >= 0.6 is 0 Å². The van der Waals surface area contributed by atoms with Gasteiger partial charge in [-0.15, -0.1) is 0 Å². The third kappa shape index (κ3) is 2.53. The molecular formula is C16H12F3N. The summed E-state index contributed by atoms with van der Waals surface area (Å²) in [7, 11) is 0. The highest BCUT2D eigenvalue weighted by atomic mass is 19.4. The van der Waals surface area contributed by atoms with Crippen LogP contribution in [0.15, 0.2) is 36.4 Å². The highest BCUT2D eigenvalue weighted by Gasteiger charge is 2.31. The summed E-state index contributed by atoms with van der Waals surface area (Å²) in [5.41, 5.74) is 2.34. The van der Waals surface area contributed by atoms with Crippen molar-refractivity contribution in [1.82, 2.24) is 0 Å². The lowest BCUT2D eigenvalue weighted by Gasteiger charge is -2.13. The van der Waals surface area contributed by atoms with E-state index in [4.69, 9.17) is 5.26 Å². The van der Waals surface area contributed by atoms with Gasteiger partial charge in [-0.1, -0.05) is 18.2 Å². The largest absolute Gasteiger partial charge is 0.416 e. The van der Waals surface area contributed by atoms with E-state index in [1.807, 2.05) is 26.0 Å². The fraction of sp³-hybridized carbons (Fsp3) is 0.188. The van der Waals surface area contributed by atoms with Crippen molar-refractivity contribution < 1.29 is 13.2 Å². The lowest BCUT2D eigenvalue weighted by atomic mass is 9.92. The Balaban J connectivity index is 2.72. The molecule has 1 nitrogen and oxygen atoms in total. The molecule has 0 saturated carbocycles. The highest BCUT2D eigenvalue weighted by molar-refractivity contribution is 5.74. The van der Waals surface area contributed by atoms with Crippen LogP contribution in [0.3, 0.4) is 0 Å². The van der Waals surface area contributed by atoms with Crippen LogP contribution < -0.4 is 0 Å². The van der Waals surface area contributed by atoms with Gasteiger partial charge in [0, 0.05) is 5.56 Å². The molecule has 0 aromatic heterocycles. The van der Waals surface area contributed by atoms with E-state index in [1.165, 1.54) is 6.07 Å². The number of benzene rings is 2. The van der Waals surface area contributed by atoms with Gasteiger partial charge in [0.05, 0.1) is 17.2 Å². The van der Waals surface area contributed by atoms with Gasteiger partial charge in [-0.05, 0) is 48.7 Å². The summed E-state index contributed by atoms with van der Waals surface area (Å²) in [4.78, 5) is 0. The van der Waals surface area contributed by atoms with E-state index in [0.29, 0.717) is 11.1 Å². The summed E-state index contributed by atoms with van der Waals surface area (Å²) in [6.45, 7) is 3.73. The number of aryl methyl sites for hydroxylation is 1. The van der Waals surface area contributed by atoms with Crippen molar-refractivity contribution >= 4 is 0 Å². The molecule has 0 aliphatic rings. The Morgan fingerprint density at radius 2 is 1.70 bits per heavy atom. The minimum absolute atomic E-state index is 0.242. The second-order valence-electron chi connectivity index (χ2n) is 4.62. The molecular weight excluding hydrogens is 263 g/mol. The summed E-state index contributed by atoms with van der Waals surface area (Å²) in [6, 6.07) is 10.6. The summed E-state index contributed by atoms with van der Waals surface area (Å²) >= 11 is 0. The van der Waals surface area contributed by atoms with E-state index < -0.39 is 11.7 Å². The third-order valence-electron chi connectivity index (χ3n) is 3.36. The number of alkyl halides is 3. The molecule has 20 heavy (non-hydrogen) atoms. The predicted octanol–water partition coefficient (Wildman–Crippen LogP) is 4.86. The van der Waals surface area contributed by atoms with E-state index in [9.17, 15) is 13.2 Å². The zero-order valence-corrected chi connectivity index (χ0v) is 11.0. The second kappa shape index (κ2) is 5.01. The maximum Gasteiger partial charge on any atom is 0.416 e. The molecule has 2 aromatic rings.